The molecule has 0 unspecified atom stereocenters. The fourth-order valence-electron chi connectivity index (χ4n) is 1.95. The van der Waals surface area contributed by atoms with E-state index in [9.17, 15) is 4.39 Å². The number of hydrogen-bond donors (Lipinski definition) is 1. The average molecular weight is 225 g/mol. The average Bonchev–Trinajstić information content (AvgIpc) is 2.24. The molecule has 0 amide bonds. The van der Waals surface area contributed by atoms with Crippen LogP contribution in [0.2, 0.25) is 0 Å². The number of hydrogen-bond acceptors (Lipinski definition) is 3. The molecule has 0 aliphatic carbocycles. The van der Waals surface area contributed by atoms with Crippen molar-refractivity contribution in [3.63, 3.8) is 0 Å². The highest BCUT2D eigenvalue weighted by molar-refractivity contribution is 5.28. The van der Waals surface area contributed by atoms with Crippen LogP contribution in [0.15, 0.2) is 18.2 Å². The van der Waals surface area contributed by atoms with Crippen molar-refractivity contribution < 1.29 is 14.2 Å². The first-order valence-electron chi connectivity index (χ1n) is 5.38. The van der Waals surface area contributed by atoms with Gasteiger partial charge in [-0.1, -0.05) is 6.07 Å². The second-order valence-corrected chi connectivity index (χ2v) is 4.20. The van der Waals surface area contributed by atoms with Gasteiger partial charge in [0.15, 0.2) is 0 Å². The number of benzene rings is 1. The Morgan fingerprint density at radius 3 is 2.81 bits per heavy atom. The second kappa shape index (κ2) is 4.80. The topological polar surface area (TPSA) is 32.7 Å². The van der Waals surface area contributed by atoms with Crippen molar-refractivity contribution in [2.24, 2.45) is 5.92 Å². The van der Waals surface area contributed by atoms with Gasteiger partial charge in [-0.2, -0.15) is 0 Å². The minimum atomic E-state index is -0.230. The summed E-state index contributed by atoms with van der Waals surface area (Å²) in [5.41, 5.74) is 0.678. The van der Waals surface area contributed by atoms with Gasteiger partial charge in [0.05, 0.1) is 7.11 Å². The molecule has 0 spiro atoms. The standard InChI is InChI=1S/C12H16FNO2/c1-16-11-3-2-10(12(13)4-11)7-14-5-9(6-14)8-15/h2-4,9,15H,5-8H2,1H3. The SMILES string of the molecule is COc1ccc(CN2CC(CO)C2)c(F)c1. The van der Waals surface area contributed by atoms with Crippen LogP contribution < -0.4 is 4.74 Å². The van der Waals surface area contributed by atoms with Gasteiger partial charge >= 0.3 is 0 Å². The Hall–Kier alpha value is -1.13. The van der Waals surface area contributed by atoms with Crippen LogP contribution in [0.25, 0.3) is 0 Å². The summed E-state index contributed by atoms with van der Waals surface area (Å²) in [6, 6.07) is 4.92. The van der Waals surface area contributed by atoms with E-state index in [1.165, 1.54) is 13.2 Å². The highest BCUT2D eigenvalue weighted by Crippen LogP contribution is 2.22. The minimum Gasteiger partial charge on any atom is -0.497 e. The Morgan fingerprint density at radius 2 is 2.25 bits per heavy atom. The monoisotopic (exact) mass is 225 g/mol. The number of likely N-dealkylation sites (tertiary alicyclic amines) is 1. The van der Waals surface area contributed by atoms with Crippen LogP contribution in [0.5, 0.6) is 5.75 Å². The number of halogens is 1. The Balaban J connectivity index is 1.95. The molecular weight excluding hydrogens is 209 g/mol. The molecule has 1 aromatic carbocycles. The van der Waals surface area contributed by atoms with Gasteiger partial charge in [0.1, 0.15) is 11.6 Å². The van der Waals surface area contributed by atoms with E-state index in [1.807, 2.05) is 0 Å². The van der Waals surface area contributed by atoms with Gasteiger partial charge in [-0.25, -0.2) is 4.39 Å². The Labute approximate surface area is 94.4 Å². The minimum absolute atomic E-state index is 0.224. The van der Waals surface area contributed by atoms with Gasteiger partial charge in [0, 0.05) is 43.8 Å². The summed E-state index contributed by atoms with van der Waals surface area (Å²) >= 11 is 0. The number of ether oxygens (including phenoxy) is 1. The molecule has 1 fully saturated rings. The maximum absolute atomic E-state index is 13.6. The van der Waals surface area contributed by atoms with Gasteiger partial charge in [-0.3, -0.25) is 4.90 Å². The maximum Gasteiger partial charge on any atom is 0.131 e. The van der Waals surface area contributed by atoms with E-state index in [0.29, 0.717) is 23.8 Å². The summed E-state index contributed by atoms with van der Waals surface area (Å²) in [5.74, 6) is 0.672. The third-order valence-corrected chi connectivity index (χ3v) is 2.95. The van der Waals surface area contributed by atoms with Crippen LogP contribution in [-0.4, -0.2) is 36.8 Å². The van der Waals surface area contributed by atoms with Crippen LogP contribution in [0.3, 0.4) is 0 Å². The molecule has 1 N–H and O–H groups in total. The van der Waals surface area contributed by atoms with Gasteiger partial charge in [0.2, 0.25) is 0 Å². The number of aliphatic hydroxyl groups is 1. The van der Waals surface area contributed by atoms with E-state index in [4.69, 9.17) is 9.84 Å². The third-order valence-electron chi connectivity index (χ3n) is 2.95. The summed E-state index contributed by atoms with van der Waals surface area (Å²) in [6.45, 7) is 2.53. The highest BCUT2D eigenvalue weighted by Gasteiger charge is 2.26. The van der Waals surface area contributed by atoms with E-state index in [2.05, 4.69) is 4.90 Å². The van der Waals surface area contributed by atoms with Gasteiger partial charge < -0.3 is 9.84 Å². The van der Waals surface area contributed by atoms with Crippen LogP contribution in [0.4, 0.5) is 4.39 Å². The molecule has 1 aliphatic rings. The molecule has 3 nitrogen and oxygen atoms in total. The molecular formula is C12H16FNO2. The molecule has 0 bridgehead atoms. The highest BCUT2D eigenvalue weighted by atomic mass is 19.1. The van der Waals surface area contributed by atoms with E-state index >= 15 is 0 Å². The molecule has 1 heterocycles. The zero-order chi connectivity index (χ0) is 11.5. The van der Waals surface area contributed by atoms with Crippen molar-refractivity contribution in [1.82, 2.24) is 4.90 Å². The van der Waals surface area contributed by atoms with Crippen LogP contribution in [0.1, 0.15) is 5.56 Å². The largest absolute Gasteiger partial charge is 0.497 e. The molecule has 0 atom stereocenters. The second-order valence-electron chi connectivity index (χ2n) is 4.20. The lowest BCUT2D eigenvalue weighted by Gasteiger charge is -2.38. The van der Waals surface area contributed by atoms with E-state index < -0.39 is 0 Å². The lowest BCUT2D eigenvalue weighted by atomic mass is 10.0. The maximum atomic E-state index is 13.6. The molecule has 2 rings (SSSR count). The van der Waals surface area contributed by atoms with Crippen molar-refractivity contribution in [3.8, 4) is 5.75 Å². The molecule has 1 aromatic rings. The molecule has 0 saturated carbocycles. The predicted molar refractivity (Wildman–Crippen MR) is 58.8 cm³/mol. The van der Waals surface area contributed by atoms with Gasteiger partial charge in [-0.05, 0) is 6.07 Å². The van der Waals surface area contributed by atoms with E-state index in [1.54, 1.807) is 12.1 Å². The van der Waals surface area contributed by atoms with Crippen molar-refractivity contribution >= 4 is 0 Å². The van der Waals surface area contributed by atoms with Crippen LogP contribution in [-0.2, 0) is 6.54 Å². The number of nitrogens with zero attached hydrogens (tertiary/aromatic N) is 1. The molecule has 0 radical (unpaired) electrons. The lowest BCUT2D eigenvalue weighted by Crippen LogP contribution is -2.47. The van der Waals surface area contributed by atoms with Gasteiger partial charge in [-0.15, -0.1) is 0 Å². The number of rotatable bonds is 4. The molecule has 4 heteroatoms. The van der Waals surface area contributed by atoms with Crippen molar-refractivity contribution in [3.05, 3.63) is 29.6 Å². The Bertz CT molecular complexity index is 364. The first-order chi connectivity index (χ1) is 7.72. The molecule has 88 valence electrons. The summed E-state index contributed by atoms with van der Waals surface area (Å²) in [5, 5.41) is 8.88. The lowest BCUT2D eigenvalue weighted by molar-refractivity contribution is 0.0471. The zero-order valence-corrected chi connectivity index (χ0v) is 9.32. The fourth-order valence-corrected chi connectivity index (χ4v) is 1.95. The van der Waals surface area contributed by atoms with E-state index in [0.717, 1.165) is 13.1 Å². The first-order valence-corrected chi connectivity index (χ1v) is 5.38. The molecule has 0 aromatic heterocycles. The quantitative estimate of drug-likeness (QED) is 0.837. The van der Waals surface area contributed by atoms with Gasteiger partial charge in [0.25, 0.3) is 0 Å². The summed E-state index contributed by atoms with van der Waals surface area (Å²) in [6.07, 6.45) is 0. The van der Waals surface area contributed by atoms with Crippen molar-refractivity contribution in [1.29, 1.82) is 0 Å². The summed E-state index contributed by atoms with van der Waals surface area (Å²) < 4.78 is 18.5. The fraction of sp³-hybridized carbons (Fsp3) is 0.500. The smallest absolute Gasteiger partial charge is 0.131 e. The normalized spacial score (nSPS) is 17.2. The number of aliphatic hydroxyl groups excluding tert-OH is 1. The Kier molecular flexibility index (Phi) is 3.41. The van der Waals surface area contributed by atoms with Crippen LogP contribution in [0, 0.1) is 11.7 Å². The van der Waals surface area contributed by atoms with Crippen molar-refractivity contribution in [2.75, 3.05) is 26.8 Å². The summed E-state index contributed by atoms with van der Waals surface area (Å²) in [7, 11) is 1.52. The predicted octanol–water partition coefficient (Wildman–Crippen LogP) is 1.26. The molecule has 16 heavy (non-hydrogen) atoms. The van der Waals surface area contributed by atoms with Crippen LogP contribution >= 0.6 is 0 Å². The number of methoxy groups -OCH3 is 1. The van der Waals surface area contributed by atoms with E-state index in [-0.39, 0.29) is 12.4 Å². The first kappa shape index (κ1) is 11.4. The summed E-state index contributed by atoms with van der Waals surface area (Å²) in [4.78, 5) is 2.12. The molecule has 1 saturated heterocycles. The Morgan fingerprint density at radius 1 is 1.50 bits per heavy atom. The zero-order valence-electron chi connectivity index (χ0n) is 9.32. The molecule has 1 aliphatic heterocycles. The van der Waals surface area contributed by atoms with Crippen molar-refractivity contribution in [2.45, 2.75) is 6.54 Å². The third kappa shape index (κ3) is 2.33.